The van der Waals surface area contributed by atoms with Gasteiger partial charge in [-0.05, 0) is 37.5 Å². The predicted molar refractivity (Wildman–Crippen MR) is 81.3 cm³/mol. The summed E-state index contributed by atoms with van der Waals surface area (Å²) in [4.78, 5) is 0.162. The zero-order valence-electron chi connectivity index (χ0n) is 11.5. The molecule has 0 bridgehead atoms. The number of nitrogens with one attached hydrogen (secondary N) is 1. The van der Waals surface area contributed by atoms with Gasteiger partial charge in [0.25, 0.3) is 0 Å². The number of rotatable bonds is 8. The highest BCUT2D eigenvalue weighted by Gasteiger charge is 2.17. The van der Waals surface area contributed by atoms with E-state index in [0.29, 0.717) is 17.1 Å². The van der Waals surface area contributed by atoms with Crippen LogP contribution < -0.4 is 10.5 Å². The van der Waals surface area contributed by atoms with Crippen LogP contribution in [0.2, 0.25) is 5.02 Å². The summed E-state index contributed by atoms with van der Waals surface area (Å²) < 4.78 is 26.9. The Labute approximate surface area is 125 Å². The zero-order chi connectivity index (χ0) is 15.2. The number of halogens is 1. The number of benzene rings is 1. The standard InChI is InChI=1S/C13H21ClN2O3S/c1-10-8-11(14)12(15)9-13(10)20(18,19)16-6-4-2-3-5-7-17/h8-9,16-17H,2-7,15H2,1H3. The lowest BCUT2D eigenvalue weighted by molar-refractivity contribution is 0.282. The number of aliphatic hydroxyl groups is 1. The first-order chi connectivity index (χ1) is 9.38. The maximum atomic E-state index is 12.2. The number of anilines is 1. The van der Waals surface area contributed by atoms with Crippen LogP contribution in [0, 0.1) is 6.92 Å². The average Bonchev–Trinajstić information content (AvgIpc) is 2.37. The molecule has 0 heterocycles. The highest BCUT2D eigenvalue weighted by Crippen LogP contribution is 2.26. The van der Waals surface area contributed by atoms with E-state index in [4.69, 9.17) is 22.4 Å². The van der Waals surface area contributed by atoms with Gasteiger partial charge in [0.05, 0.1) is 15.6 Å². The minimum atomic E-state index is -3.56. The van der Waals surface area contributed by atoms with Gasteiger partial charge in [-0.2, -0.15) is 0 Å². The molecule has 0 radical (unpaired) electrons. The first-order valence-corrected chi connectivity index (χ1v) is 8.40. The van der Waals surface area contributed by atoms with E-state index in [1.165, 1.54) is 6.07 Å². The highest BCUT2D eigenvalue weighted by atomic mass is 35.5. The third-order valence-corrected chi connectivity index (χ3v) is 4.89. The third-order valence-electron chi connectivity index (χ3n) is 2.96. The van der Waals surface area contributed by atoms with Crippen molar-refractivity contribution < 1.29 is 13.5 Å². The van der Waals surface area contributed by atoms with Crippen molar-refractivity contribution in [2.45, 2.75) is 37.5 Å². The molecule has 20 heavy (non-hydrogen) atoms. The molecule has 0 saturated heterocycles. The Morgan fingerprint density at radius 2 is 1.90 bits per heavy atom. The van der Waals surface area contributed by atoms with E-state index in [9.17, 15) is 8.42 Å². The Bertz CT molecular complexity index is 547. The molecular formula is C13H21ClN2O3S. The van der Waals surface area contributed by atoms with E-state index in [1.54, 1.807) is 13.0 Å². The van der Waals surface area contributed by atoms with Gasteiger partial charge in [-0.3, -0.25) is 0 Å². The molecule has 0 aliphatic heterocycles. The number of sulfonamides is 1. The molecule has 0 aliphatic carbocycles. The SMILES string of the molecule is Cc1cc(Cl)c(N)cc1S(=O)(=O)NCCCCCCO. The molecule has 0 fully saturated rings. The van der Waals surface area contributed by atoms with Gasteiger partial charge < -0.3 is 10.8 Å². The number of aliphatic hydroxyl groups excluding tert-OH is 1. The van der Waals surface area contributed by atoms with Crippen LogP contribution in [0.4, 0.5) is 5.69 Å². The maximum absolute atomic E-state index is 12.2. The van der Waals surface area contributed by atoms with E-state index in [0.717, 1.165) is 25.7 Å². The van der Waals surface area contributed by atoms with Gasteiger partial charge in [-0.25, -0.2) is 13.1 Å². The first kappa shape index (κ1) is 17.2. The van der Waals surface area contributed by atoms with Crippen molar-refractivity contribution in [3.05, 3.63) is 22.7 Å². The summed E-state index contributed by atoms with van der Waals surface area (Å²) in [6, 6.07) is 2.93. The fourth-order valence-electron chi connectivity index (χ4n) is 1.83. The summed E-state index contributed by atoms with van der Waals surface area (Å²) in [7, 11) is -3.56. The van der Waals surface area contributed by atoms with E-state index in [2.05, 4.69) is 4.72 Å². The van der Waals surface area contributed by atoms with Gasteiger partial charge >= 0.3 is 0 Å². The Balaban J connectivity index is 2.63. The van der Waals surface area contributed by atoms with Gasteiger partial charge in [-0.1, -0.05) is 24.4 Å². The topological polar surface area (TPSA) is 92.4 Å². The second-order valence-electron chi connectivity index (χ2n) is 4.67. The first-order valence-electron chi connectivity index (χ1n) is 6.54. The van der Waals surface area contributed by atoms with Crippen molar-refractivity contribution in [3.63, 3.8) is 0 Å². The van der Waals surface area contributed by atoms with E-state index >= 15 is 0 Å². The van der Waals surface area contributed by atoms with Crippen LogP contribution in [-0.2, 0) is 10.0 Å². The molecule has 0 saturated carbocycles. The molecule has 0 aromatic heterocycles. The molecule has 1 aromatic rings. The molecule has 114 valence electrons. The fraction of sp³-hybridized carbons (Fsp3) is 0.538. The van der Waals surface area contributed by atoms with Crippen molar-refractivity contribution in [1.29, 1.82) is 0 Å². The molecule has 0 unspecified atom stereocenters. The monoisotopic (exact) mass is 320 g/mol. The lowest BCUT2D eigenvalue weighted by atomic mass is 10.2. The van der Waals surface area contributed by atoms with Crippen LogP contribution in [0.1, 0.15) is 31.2 Å². The lowest BCUT2D eigenvalue weighted by Crippen LogP contribution is -2.25. The summed E-state index contributed by atoms with van der Waals surface area (Å²) in [5, 5.41) is 9.00. The number of aryl methyl sites for hydroxylation is 1. The van der Waals surface area contributed by atoms with Crippen molar-refractivity contribution in [2.75, 3.05) is 18.9 Å². The van der Waals surface area contributed by atoms with Crippen LogP contribution in [0.15, 0.2) is 17.0 Å². The summed E-state index contributed by atoms with van der Waals surface area (Å²) >= 11 is 5.85. The smallest absolute Gasteiger partial charge is 0.240 e. The van der Waals surface area contributed by atoms with Crippen LogP contribution in [0.3, 0.4) is 0 Å². The van der Waals surface area contributed by atoms with Gasteiger partial charge in [0.1, 0.15) is 0 Å². The van der Waals surface area contributed by atoms with Gasteiger partial charge in [-0.15, -0.1) is 0 Å². The number of nitrogens with two attached hydrogens (primary N) is 1. The highest BCUT2D eigenvalue weighted by molar-refractivity contribution is 7.89. The second kappa shape index (κ2) is 7.83. The number of hydrogen-bond acceptors (Lipinski definition) is 4. The summed E-state index contributed by atoms with van der Waals surface area (Å²) in [6.45, 7) is 2.23. The second-order valence-corrected chi connectivity index (χ2v) is 6.82. The Kier molecular flexibility index (Phi) is 6.75. The number of nitrogen functional groups attached to an aromatic ring is 1. The fourth-order valence-corrected chi connectivity index (χ4v) is 3.38. The van der Waals surface area contributed by atoms with Crippen molar-refractivity contribution in [2.24, 2.45) is 0 Å². The normalized spacial score (nSPS) is 11.8. The molecule has 1 aromatic carbocycles. The van der Waals surface area contributed by atoms with Crippen molar-refractivity contribution >= 4 is 27.3 Å². The molecule has 7 heteroatoms. The average molecular weight is 321 g/mol. The number of unbranched alkanes of at least 4 members (excludes halogenated alkanes) is 3. The molecule has 0 aliphatic rings. The Morgan fingerprint density at radius 3 is 2.55 bits per heavy atom. The van der Waals surface area contributed by atoms with Gasteiger partial charge in [0.2, 0.25) is 10.0 Å². The Hall–Kier alpha value is -0.820. The van der Waals surface area contributed by atoms with Gasteiger partial charge in [0, 0.05) is 13.2 Å². The largest absolute Gasteiger partial charge is 0.397 e. The van der Waals surface area contributed by atoms with Crippen LogP contribution in [-0.4, -0.2) is 26.7 Å². The minimum absolute atomic E-state index is 0.162. The molecule has 0 atom stereocenters. The molecular weight excluding hydrogens is 300 g/mol. The molecule has 1 rings (SSSR count). The molecule has 0 spiro atoms. The van der Waals surface area contributed by atoms with Crippen molar-refractivity contribution in [3.8, 4) is 0 Å². The lowest BCUT2D eigenvalue weighted by Gasteiger charge is -2.11. The number of hydrogen-bond donors (Lipinski definition) is 3. The minimum Gasteiger partial charge on any atom is -0.397 e. The van der Waals surface area contributed by atoms with Crippen LogP contribution >= 0.6 is 11.6 Å². The summed E-state index contributed by atoms with van der Waals surface area (Å²) in [6.07, 6.45) is 3.26. The maximum Gasteiger partial charge on any atom is 0.240 e. The van der Waals surface area contributed by atoms with Gasteiger partial charge in [0.15, 0.2) is 0 Å². The third kappa shape index (κ3) is 4.94. The van der Waals surface area contributed by atoms with Crippen LogP contribution in [0.5, 0.6) is 0 Å². The predicted octanol–water partition coefficient (Wildman–Crippen LogP) is 2.06. The van der Waals surface area contributed by atoms with E-state index in [1.807, 2.05) is 0 Å². The molecule has 0 amide bonds. The van der Waals surface area contributed by atoms with E-state index in [-0.39, 0.29) is 17.2 Å². The molecule has 4 N–H and O–H groups in total. The van der Waals surface area contributed by atoms with Crippen LogP contribution in [0.25, 0.3) is 0 Å². The molecule has 5 nitrogen and oxygen atoms in total. The summed E-state index contributed by atoms with van der Waals surface area (Å²) in [5.74, 6) is 0. The summed E-state index contributed by atoms with van der Waals surface area (Å²) in [5.41, 5.74) is 6.47. The zero-order valence-corrected chi connectivity index (χ0v) is 13.1. The quantitative estimate of drug-likeness (QED) is 0.505. The Morgan fingerprint density at radius 1 is 1.25 bits per heavy atom. The van der Waals surface area contributed by atoms with E-state index < -0.39 is 10.0 Å². The van der Waals surface area contributed by atoms with Crippen molar-refractivity contribution in [1.82, 2.24) is 4.72 Å².